The van der Waals surface area contributed by atoms with Crippen LogP contribution in [0.2, 0.25) is 0 Å². The highest BCUT2D eigenvalue weighted by molar-refractivity contribution is 9.10. The maximum atomic E-state index is 12.4. The Morgan fingerprint density at radius 2 is 1.87 bits per heavy atom. The molecule has 0 radical (unpaired) electrons. The van der Waals surface area contributed by atoms with Gasteiger partial charge in [0.2, 0.25) is 0 Å². The Hall–Kier alpha value is -2.09. The monoisotopic (exact) mass is 387 g/mol. The fourth-order valence-corrected chi connectivity index (χ4v) is 2.24. The van der Waals surface area contributed by atoms with Gasteiger partial charge in [-0.3, -0.25) is 4.79 Å². The van der Waals surface area contributed by atoms with Crippen LogP contribution in [0.3, 0.4) is 0 Å². The van der Waals surface area contributed by atoms with Crippen LogP contribution in [0.25, 0.3) is 0 Å². The number of benzene rings is 1. The smallest absolute Gasteiger partial charge is 0.368 e. The molecule has 23 heavy (non-hydrogen) atoms. The molecule has 2 rings (SSSR count). The van der Waals surface area contributed by atoms with E-state index in [0.717, 1.165) is 12.3 Å². The second-order valence-electron chi connectivity index (χ2n) is 4.59. The van der Waals surface area contributed by atoms with Crippen LogP contribution in [-0.2, 0) is 6.18 Å². The third-order valence-corrected chi connectivity index (χ3v) is 3.62. The first-order valence-corrected chi connectivity index (χ1v) is 7.47. The van der Waals surface area contributed by atoms with Crippen LogP contribution in [-0.4, -0.2) is 24.0 Å². The molecule has 0 saturated heterocycles. The zero-order valence-corrected chi connectivity index (χ0v) is 13.4. The molecular formula is C15H13BrF3N3O. The molecular weight excluding hydrogens is 375 g/mol. The summed E-state index contributed by atoms with van der Waals surface area (Å²) >= 11 is 3.29. The lowest BCUT2D eigenvalue weighted by atomic mass is 10.2. The van der Waals surface area contributed by atoms with Crippen LogP contribution >= 0.6 is 15.9 Å². The number of halogens is 4. The Morgan fingerprint density at radius 3 is 2.48 bits per heavy atom. The zero-order valence-electron chi connectivity index (χ0n) is 11.8. The maximum absolute atomic E-state index is 12.4. The number of rotatable bonds is 5. The number of aromatic nitrogens is 1. The number of carbonyl (C=O) groups excluding carboxylic acids is 1. The van der Waals surface area contributed by atoms with Crippen molar-refractivity contribution in [3.63, 3.8) is 0 Å². The standard InChI is InChI=1S/C15H13BrF3N3O/c16-12-4-2-1-3-11(12)14(23)21-8-7-20-13-6-5-10(9-22-13)15(17,18)19/h1-6,9H,7-8H2,(H,20,22)(H,21,23). The number of pyridine rings is 1. The Kier molecular flexibility index (Phi) is 5.59. The third kappa shape index (κ3) is 4.95. The molecule has 1 heterocycles. The number of alkyl halides is 3. The lowest BCUT2D eigenvalue weighted by Gasteiger charge is -2.10. The van der Waals surface area contributed by atoms with Gasteiger partial charge in [0.15, 0.2) is 0 Å². The van der Waals surface area contributed by atoms with Crippen molar-refractivity contribution in [3.8, 4) is 0 Å². The van der Waals surface area contributed by atoms with E-state index in [1.165, 1.54) is 6.07 Å². The molecule has 0 aliphatic carbocycles. The summed E-state index contributed by atoms with van der Waals surface area (Å²) in [6, 6.07) is 9.21. The minimum absolute atomic E-state index is 0.236. The number of hydrogen-bond acceptors (Lipinski definition) is 3. The fraction of sp³-hybridized carbons (Fsp3) is 0.200. The molecule has 0 atom stereocenters. The van der Waals surface area contributed by atoms with E-state index in [-0.39, 0.29) is 5.91 Å². The Labute approximate surface area is 139 Å². The van der Waals surface area contributed by atoms with Crippen LogP contribution < -0.4 is 10.6 Å². The molecule has 0 spiro atoms. The number of carbonyl (C=O) groups is 1. The van der Waals surface area contributed by atoms with Crippen LogP contribution in [0.4, 0.5) is 19.0 Å². The third-order valence-electron chi connectivity index (χ3n) is 2.93. The minimum atomic E-state index is -4.40. The number of nitrogens with zero attached hydrogens (tertiary/aromatic N) is 1. The average Bonchev–Trinajstić information content (AvgIpc) is 2.51. The topological polar surface area (TPSA) is 54.0 Å². The van der Waals surface area contributed by atoms with Gasteiger partial charge in [-0.15, -0.1) is 0 Å². The largest absolute Gasteiger partial charge is 0.417 e. The SMILES string of the molecule is O=C(NCCNc1ccc(C(F)(F)F)cn1)c1ccccc1Br. The predicted molar refractivity (Wildman–Crippen MR) is 84.2 cm³/mol. The van der Waals surface area contributed by atoms with Gasteiger partial charge in [-0.1, -0.05) is 12.1 Å². The van der Waals surface area contributed by atoms with Gasteiger partial charge >= 0.3 is 6.18 Å². The summed E-state index contributed by atoms with van der Waals surface area (Å²) in [5.74, 6) is 0.0767. The summed E-state index contributed by atoms with van der Waals surface area (Å²) in [6.45, 7) is 0.650. The van der Waals surface area contributed by atoms with Gasteiger partial charge in [-0.25, -0.2) is 4.98 Å². The Bertz CT molecular complexity index is 674. The summed E-state index contributed by atoms with van der Waals surface area (Å²) in [4.78, 5) is 15.6. The number of amides is 1. The summed E-state index contributed by atoms with van der Waals surface area (Å²) < 4.78 is 37.9. The normalized spacial score (nSPS) is 11.1. The van der Waals surface area contributed by atoms with E-state index in [0.29, 0.717) is 28.9 Å². The second kappa shape index (κ2) is 7.45. The van der Waals surface area contributed by atoms with E-state index >= 15 is 0 Å². The minimum Gasteiger partial charge on any atom is -0.368 e. The highest BCUT2D eigenvalue weighted by Crippen LogP contribution is 2.28. The molecule has 122 valence electrons. The second-order valence-corrected chi connectivity index (χ2v) is 5.45. The molecule has 0 unspecified atom stereocenters. The summed E-state index contributed by atoms with van der Waals surface area (Å²) in [6.07, 6.45) is -3.63. The van der Waals surface area contributed by atoms with Gasteiger partial charge in [-0.2, -0.15) is 13.2 Å². The van der Waals surface area contributed by atoms with E-state index in [1.807, 2.05) is 0 Å². The van der Waals surface area contributed by atoms with Crippen molar-refractivity contribution in [1.29, 1.82) is 0 Å². The molecule has 2 N–H and O–H groups in total. The van der Waals surface area contributed by atoms with E-state index in [2.05, 4.69) is 31.5 Å². The maximum Gasteiger partial charge on any atom is 0.417 e. The van der Waals surface area contributed by atoms with Crippen molar-refractivity contribution in [1.82, 2.24) is 10.3 Å². The van der Waals surface area contributed by atoms with Gasteiger partial charge in [0.05, 0.1) is 11.1 Å². The zero-order chi connectivity index (χ0) is 16.9. The lowest BCUT2D eigenvalue weighted by molar-refractivity contribution is -0.137. The molecule has 1 aromatic heterocycles. The van der Waals surface area contributed by atoms with Crippen molar-refractivity contribution in [2.75, 3.05) is 18.4 Å². The molecule has 4 nitrogen and oxygen atoms in total. The molecule has 0 aliphatic rings. The first-order chi connectivity index (χ1) is 10.9. The summed E-state index contributed by atoms with van der Waals surface area (Å²) in [7, 11) is 0. The number of nitrogens with one attached hydrogen (secondary N) is 2. The van der Waals surface area contributed by atoms with E-state index in [1.54, 1.807) is 24.3 Å². The van der Waals surface area contributed by atoms with Crippen LogP contribution in [0.15, 0.2) is 47.1 Å². The quantitative estimate of drug-likeness (QED) is 0.769. The first-order valence-electron chi connectivity index (χ1n) is 6.68. The Balaban J connectivity index is 1.79. The van der Waals surface area contributed by atoms with Gasteiger partial charge in [0.1, 0.15) is 5.82 Å². The fourth-order valence-electron chi connectivity index (χ4n) is 1.77. The average molecular weight is 388 g/mol. The molecule has 1 amide bonds. The van der Waals surface area contributed by atoms with E-state index < -0.39 is 11.7 Å². The molecule has 8 heteroatoms. The lowest BCUT2D eigenvalue weighted by Crippen LogP contribution is -2.29. The van der Waals surface area contributed by atoms with Gasteiger partial charge in [-0.05, 0) is 40.2 Å². The number of anilines is 1. The highest BCUT2D eigenvalue weighted by Gasteiger charge is 2.30. The van der Waals surface area contributed by atoms with Crippen molar-refractivity contribution in [2.24, 2.45) is 0 Å². The van der Waals surface area contributed by atoms with E-state index in [4.69, 9.17) is 0 Å². The van der Waals surface area contributed by atoms with Crippen LogP contribution in [0.5, 0.6) is 0 Å². The van der Waals surface area contributed by atoms with Crippen molar-refractivity contribution < 1.29 is 18.0 Å². The summed E-state index contributed by atoms with van der Waals surface area (Å²) in [5, 5.41) is 5.55. The molecule has 0 bridgehead atoms. The molecule has 0 saturated carbocycles. The van der Waals surface area contributed by atoms with Crippen LogP contribution in [0, 0.1) is 0 Å². The Morgan fingerprint density at radius 1 is 1.13 bits per heavy atom. The van der Waals surface area contributed by atoms with Crippen molar-refractivity contribution in [3.05, 3.63) is 58.2 Å². The highest BCUT2D eigenvalue weighted by atomic mass is 79.9. The molecule has 1 aromatic carbocycles. The molecule has 2 aromatic rings. The predicted octanol–water partition coefficient (Wildman–Crippen LogP) is 3.70. The first kappa shape index (κ1) is 17.3. The molecule has 0 fully saturated rings. The molecule has 0 aliphatic heterocycles. The van der Waals surface area contributed by atoms with Crippen molar-refractivity contribution >= 4 is 27.7 Å². The summed E-state index contributed by atoms with van der Waals surface area (Å²) in [5.41, 5.74) is -0.287. The number of hydrogen-bond donors (Lipinski definition) is 2. The van der Waals surface area contributed by atoms with Gasteiger partial charge in [0, 0.05) is 23.8 Å². The van der Waals surface area contributed by atoms with Gasteiger partial charge < -0.3 is 10.6 Å². The van der Waals surface area contributed by atoms with Crippen molar-refractivity contribution in [2.45, 2.75) is 6.18 Å². The van der Waals surface area contributed by atoms with Gasteiger partial charge in [0.25, 0.3) is 5.91 Å². The van der Waals surface area contributed by atoms with E-state index in [9.17, 15) is 18.0 Å². The van der Waals surface area contributed by atoms with Crippen LogP contribution in [0.1, 0.15) is 15.9 Å².